The van der Waals surface area contributed by atoms with E-state index in [4.69, 9.17) is 4.74 Å². The summed E-state index contributed by atoms with van der Waals surface area (Å²) in [6.45, 7) is 5.18. The smallest absolute Gasteiger partial charge is 0.348 e. The molecule has 4 N–H and O–H groups in total. The Morgan fingerprint density at radius 1 is 0.436 bits per heavy atom. The lowest BCUT2D eigenvalue weighted by Crippen LogP contribution is -2.23. The van der Waals surface area contributed by atoms with Gasteiger partial charge < -0.3 is 26.0 Å². The molecule has 208 valence electrons. The molecule has 2 aromatic rings. The Hall–Kier alpha value is -0.160. The van der Waals surface area contributed by atoms with Gasteiger partial charge in [-0.15, -0.1) is 0 Å². The standard InChI is InChI=1S/C22H16I6N4O7/c1-5(33)29-17-11(23)9(12(24)18(15(17)27)30-6(2)34)21(37)39-22(38)10-13(25)19(31-7(3)35)16(28)20(14(10)26)32-8(4)36/h1-4H3,(H,29,33)(H,30,34)(H,31,35)(H,32,36). The Bertz CT molecular complexity index is 1270. The van der Waals surface area contributed by atoms with Gasteiger partial charge in [-0.1, -0.05) is 0 Å². The first kappa shape index (κ1) is 35.0. The van der Waals surface area contributed by atoms with E-state index < -0.39 is 35.6 Å². The molecule has 0 bridgehead atoms. The van der Waals surface area contributed by atoms with Gasteiger partial charge in [-0.2, -0.15) is 0 Å². The van der Waals surface area contributed by atoms with Crippen molar-refractivity contribution in [1.82, 2.24) is 0 Å². The van der Waals surface area contributed by atoms with Crippen molar-refractivity contribution >= 4 is 194 Å². The Kier molecular flexibility index (Phi) is 13.3. The Morgan fingerprint density at radius 3 is 0.821 bits per heavy atom. The molecular weight excluding hydrogens is 1190 g/mol. The lowest BCUT2D eigenvalue weighted by molar-refractivity contribution is -0.115. The minimum absolute atomic E-state index is 0.0443. The van der Waals surface area contributed by atoms with Gasteiger partial charge >= 0.3 is 11.9 Å². The first-order chi connectivity index (χ1) is 18.0. The van der Waals surface area contributed by atoms with Gasteiger partial charge in [-0.05, 0) is 136 Å². The molecule has 11 nitrogen and oxygen atoms in total. The normalized spacial score (nSPS) is 10.4. The van der Waals surface area contributed by atoms with Crippen LogP contribution in [0.5, 0.6) is 0 Å². The molecule has 0 aliphatic heterocycles. The summed E-state index contributed by atoms with van der Waals surface area (Å²) < 4.78 is 7.48. The number of halogens is 6. The second kappa shape index (κ2) is 14.8. The second-order valence-electron chi connectivity index (χ2n) is 7.54. The maximum atomic E-state index is 13.4. The summed E-state index contributed by atoms with van der Waals surface area (Å²) in [4.78, 5) is 74.3. The number of hydrogen-bond acceptors (Lipinski definition) is 7. The minimum Gasteiger partial charge on any atom is -0.386 e. The maximum Gasteiger partial charge on any atom is 0.348 e. The van der Waals surface area contributed by atoms with Crippen LogP contribution in [0.15, 0.2) is 0 Å². The van der Waals surface area contributed by atoms with Crippen molar-refractivity contribution in [2.75, 3.05) is 21.3 Å². The van der Waals surface area contributed by atoms with Gasteiger partial charge in [0.05, 0.1) is 55.3 Å². The molecular formula is C22H16I6N4O7. The molecule has 17 heteroatoms. The lowest BCUT2D eigenvalue weighted by atomic mass is 10.1. The summed E-state index contributed by atoms with van der Waals surface area (Å²) in [5, 5.41) is 10.6. The first-order valence-electron chi connectivity index (χ1n) is 10.3. The molecule has 2 rings (SSSR count). The second-order valence-corrected chi connectivity index (χ2v) is 14.0. The van der Waals surface area contributed by atoms with Crippen LogP contribution in [0.2, 0.25) is 0 Å². The van der Waals surface area contributed by atoms with Gasteiger partial charge in [0.2, 0.25) is 23.6 Å². The van der Waals surface area contributed by atoms with Crippen LogP contribution in [0.4, 0.5) is 22.7 Å². The third-order valence-electron chi connectivity index (χ3n) is 4.43. The van der Waals surface area contributed by atoms with Gasteiger partial charge in [0.1, 0.15) is 0 Å². The van der Waals surface area contributed by atoms with E-state index in [-0.39, 0.29) is 33.9 Å². The summed E-state index contributed by atoms with van der Waals surface area (Å²) in [5.74, 6) is -3.69. The van der Waals surface area contributed by atoms with Crippen LogP contribution in [-0.4, -0.2) is 35.6 Å². The van der Waals surface area contributed by atoms with E-state index in [9.17, 15) is 28.8 Å². The van der Waals surface area contributed by atoms with Gasteiger partial charge in [0.25, 0.3) is 0 Å². The van der Waals surface area contributed by atoms with Crippen LogP contribution in [0.25, 0.3) is 0 Å². The number of ether oxygens (including phenoxy) is 1. The van der Waals surface area contributed by atoms with E-state index >= 15 is 0 Å². The first-order valence-corrected chi connectivity index (χ1v) is 16.7. The molecule has 0 atom stereocenters. The predicted octanol–water partition coefficient (Wildman–Crippen LogP) is 6.15. The predicted molar refractivity (Wildman–Crippen MR) is 196 cm³/mol. The number of anilines is 4. The zero-order valence-corrected chi connectivity index (χ0v) is 33.1. The van der Waals surface area contributed by atoms with Gasteiger partial charge in [-0.25, -0.2) is 9.59 Å². The molecule has 39 heavy (non-hydrogen) atoms. The molecule has 4 amide bonds. The Labute approximate surface area is 304 Å². The molecule has 0 fully saturated rings. The van der Waals surface area contributed by atoms with E-state index in [1.807, 2.05) is 136 Å². The number of amides is 4. The van der Waals surface area contributed by atoms with E-state index in [2.05, 4.69) is 21.3 Å². The van der Waals surface area contributed by atoms with E-state index in [1.54, 1.807) is 0 Å². The molecule has 0 saturated heterocycles. The number of carbonyl (C=O) groups excluding carboxylic acids is 6. The Morgan fingerprint density at radius 2 is 0.641 bits per heavy atom. The molecule has 0 unspecified atom stereocenters. The largest absolute Gasteiger partial charge is 0.386 e. The van der Waals surface area contributed by atoms with E-state index in [1.165, 1.54) is 27.7 Å². The van der Waals surface area contributed by atoms with Crippen LogP contribution in [0.3, 0.4) is 0 Å². The zero-order chi connectivity index (χ0) is 29.9. The van der Waals surface area contributed by atoms with E-state index in [0.717, 1.165) is 0 Å². The highest BCUT2D eigenvalue weighted by molar-refractivity contribution is 14.1. The molecule has 2 aromatic carbocycles. The third kappa shape index (κ3) is 8.45. The fraction of sp³-hybridized carbons (Fsp3) is 0.182. The summed E-state index contributed by atoms with van der Waals surface area (Å²) >= 11 is 11.3. The number of rotatable bonds is 6. The summed E-state index contributed by atoms with van der Waals surface area (Å²) in [5.41, 5.74) is 0.991. The monoisotopic (exact) mass is 1210 g/mol. The van der Waals surface area contributed by atoms with Crippen molar-refractivity contribution in [3.8, 4) is 0 Å². The quantitative estimate of drug-likeness (QED) is 0.154. The number of nitrogens with one attached hydrogen (secondary N) is 4. The fourth-order valence-corrected chi connectivity index (χ4v) is 11.3. The van der Waals surface area contributed by atoms with Gasteiger partial charge in [0, 0.05) is 27.7 Å². The molecule has 0 radical (unpaired) electrons. The van der Waals surface area contributed by atoms with Crippen LogP contribution in [0.1, 0.15) is 48.4 Å². The molecule has 0 saturated carbocycles. The number of benzene rings is 2. The average Bonchev–Trinajstić information content (AvgIpc) is 2.79. The van der Waals surface area contributed by atoms with Crippen LogP contribution in [0, 0.1) is 21.4 Å². The fourth-order valence-electron chi connectivity index (χ4n) is 3.02. The van der Waals surface area contributed by atoms with Crippen molar-refractivity contribution in [1.29, 1.82) is 0 Å². The van der Waals surface area contributed by atoms with Crippen molar-refractivity contribution in [3.05, 3.63) is 32.5 Å². The number of carbonyl (C=O) groups is 6. The Balaban J connectivity index is 2.73. The highest BCUT2D eigenvalue weighted by Gasteiger charge is 2.31. The van der Waals surface area contributed by atoms with Crippen molar-refractivity contribution < 1.29 is 33.5 Å². The van der Waals surface area contributed by atoms with E-state index in [0.29, 0.717) is 21.4 Å². The van der Waals surface area contributed by atoms with Crippen molar-refractivity contribution in [2.24, 2.45) is 0 Å². The molecule has 0 aromatic heterocycles. The molecule has 0 aliphatic rings. The summed E-state index contributed by atoms with van der Waals surface area (Å²) in [6, 6.07) is 0. The van der Waals surface area contributed by atoms with Gasteiger partial charge in [0.15, 0.2) is 0 Å². The minimum atomic E-state index is -1.03. The maximum absolute atomic E-state index is 13.4. The van der Waals surface area contributed by atoms with Crippen LogP contribution >= 0.6 is 136 Å². The molecule has 0 aliphatic carbocycles. The van der Waals surface area contributed by atoms with Gasteiger partial charge in [-0.3, -0.25) is 19.2 Å². The molecule has 0 spiro atoms. The van der Waals surface area contributed by atoms with Crippen molar-refractivity contribution in [3.63, 3.8) is 0 Å². The topological polar surface area (TPSA) is 160 Å². The van der Waals surface area contributed by atoms with Crippen molar-refractivity contribution in [2.45, 2.75) is 27.7 Å². The number of hydrogen-bond donors (Lipinski definition) is 4. The summed E-state index contributed by atoms with van der Waals surface area (Å²) in [7, 11) is 0. The zero-order valence-electron chi connectivity index (χ0n) is 20.1. The highest BCUT2D eigenvalue weighted by atomic mass is 127. The average molecular weight is 1210 g/mol. The SMILES string of the molecule is CC(=O)Nc1c(I)c(NC(C)=O)c(I)c(C(=O)OC(=O)c2c(I)c(NC(C)=O)c(I)c(NC(C)=O)c2I)c1I. The van der Waals surface area contributed by atoms with Crippen LogP contribution < -0.4 is 21.3 Å². The lowest BCUT2D eigenvalue weighted by Gasteiger charge is -2.20. The number of esters is 2. The third-order valence-corrected chi connectivity index (χ3v) is 10.9. The molecule has 0 heterocycles. The highest BCUT2D eigenvalue weighted by Crippen LogP contribution is 2.41. The summed E-state index contributed by atoms with van der Waals surface area (Å²) in [6.07, 6.45) is 0. The van der Waals surface area contributed by atoms with Crippen LogP contribution in [-0.2, 0) is 23.9 Å².